The van der Waals surface area contributed by atoms with Crippen LogP contribution in [0.1, 0.15) is 46.2 Å². The van der Waals surface area contributed by atoms with Gasteiger partial charge in [0.05, 0.1) is 0 Å². The Balaban J connectivity index is 1.32. The minimum atomic E-state index is 0.567. The van der Waals surface area contributed by atoms with Gasteiger partial charge in [0.15, 0.2) is 0 Å². The quantitative estimate of drug-likeness (QED) is 0.239. The summed E-state index contributed by atoms with van der Waals surface area (Å²) in [5, 5.41) is 2.62. The fourth-order valence-electron chi connectivity index (χ4n) is 5.72. The molecule has 5 rings (SSSR count). The molecule has 0 atom stereocenters. The van der Waals surface area contributed by atoms with E-state index in [1.54, 1.807) is 0 Å². The molecule has 2 nitrogen and oxygen atoms in total. The Morgan fingerprint density at radius 2 is 1.28 bits per heavy atom. The van der Waals surface area contributed by atoms with Gasteiger partial charge in [-0.2, -0.15) is 0 Å². The van der Waals surface area contributed by atoms with Gasteiger partial charge < -0.3 is 0 Å². The first-order valence-electron chi connectivity index (χ1n) is 13.2. The van der Waals surface area contributed by atoms with E-state index >= 15 is 0 Å². The fraction of sp³-hybridized carbons (Fsp3) is 0.333. The largest absolute Gasteiger partial charge is 0.299 e. The Hall–Kier alpha value is -2.59. The Kier molecular flexibility index (Phi) is 7.81. The Bertz CT molecular complexity index is 1300. The van der Waals surface area contributed by atoms with Crippen molar-refractivity contribution in [3.63, 3.8) is 0 Å². The maximum atomic E-state index is 2.66. The molecule has 0 spiro atoms. The van der Waals surface area contributed by atoms with Crippen molar-refractivity contribution >= 4 is 22.7 Å². The van der Waals surface area contributed by atoms with Gasteiger partial charge in [0.1, 0.15) is 0 Å². The third-order valence-corrected chi connectivity index (χ3v) is 8.34. The summed E-state index contributed by atoms with van der Waals surface area (Å²) in [4.78, 5) is 3.97. The van der Waals surface area contributed by atoms with Gasteiger partial charge in [-0.1, -0.05) is 89.0 Å². The lowest BCUT2D eigenvalue weighted by Gasteiger charge is -2.38. The van der Waals surface area contributed by atoms with Crippen molar-refractivity contribution in [3.05, 3.63) is 112 Å². The van der Waals surface area contributed by atoms with Crippen LogP contribution in [0.2, 0.25) is 0 Å². The molecule has 186 valence electrons. The van der Waals surface area contributed by atoms with Gasteiger partial charge in [0, 0.05) is 37.1 Å². The van der Waals surface area contributed by atoms with Crippen molar-refractivity contribution in [1.29, 1.82) is 0 Å². The molecule has 0 unspecified atom stereocenters. The number of likely N-dealkylation sites (tertiary alicyclic amines) is 1. The van der Waals surface area contributed by atoms with Crippen LogP contribution < -0.4 is 0 Å². The fourth-order valence-corrected chi connectivity index (χ4v) is 6.87. The molecule has 0 aliphatic carbocycles. The Morgan fingerprint density at radius 1 is 0.694 bits per heavy atom. The number of hydrogen-bond donors (Lipinski definition) is 0. The second-order valence-corrected chi connectivity index (χ2v) is 11.8. The molecule has 1 aliphatic rings. The molecule has 0 aromatic heterocycles. The van der Waals surface area contributed by atoms with Crippen LogP contribution in [0.3, 0.4) is 0 Å². The zero-order valence-corrected chi connectivity index (χ0v) is 22.9. The van der Waals surface area contributed by atoms with Crippen molar-refractivity contribution in [2.45, 2.75) is 64.6 Å². The van der Waals surface area contributed by atoms with Crippen LogP contribution in [-0.4, -0.2) is 28.3 Å². The Labute approximate surface area is 221 Å². The van der Waals surface area contributed by atoms with Gasteiger partial charge >= 0.3 is 0 Å². The molecule has 1 aliphatic heterocycles. The van der Waals surface area contributed by atoms with Crippen LogP contribution in [0.15, 0.2) is 83.8 Å². The highest BCUT2D eigenvalue weighted by Gasteiger charge is 2.26. The first kappa shape index (κ1) is 25.1. The Morgan fingerprint density at radius 3 is 1.92 bits per heavy atom. The van der Waals surface area contributed by atoms with Crippen molar-refractivity contribution in [3.8, 4) is 0 Å². The van der Waals surface area contributed by atoms with Crippen molar-refractivity contribution in [2.75, 3.05) is 13.1 Å². The van der Waals surface area contributed by atoms with E-state index in [4.69, 9.17) is 0 Å². The van der Waals surface area contributed by atoms with E-state index in [0.29, 0.717) is 6.04 Å². The summed E-state index contributed by atoms with van der Waals surface area (Å²) in [6.07, 6.45) is 2.41. The second kappa shape index (κ2) is 11.2. The molecule has 36 heavy (non-hydrogen) atoms. The maximum absolute atomic E-state index is 2.66. The van der Waals surface area contributed by atoms with E-state index in [2.05, 4.69) is 116 Å². The van der Waals surface area contributed by atoms with E-state index in [1.165, 1.54) is 61.9 Å². The van der Waals surface area contributed by atoms with Crippen molar-refractivity contribution in [2.24, 2.45) is 0 Å². The second-order valence-electron chi connectivity index (χ2n) is 10.7. The SMILES string of the molecule is Cc1cc(C)cc(CN2CCC(N(Cc3cc(C)cc(C)c3)Sc3ccc4ccccc4c3)CC2)c1. The van der Waals surface area contributed by atoms with Crippen molar-refractivity contribution < 1.29 is 0 Å². The maximum Gasteiger partial charge on any atom is 0.0347 e. The number of rotatable bonds is 7. The molecule has 1 fully saturated rings. The highest BCUT2D eigenvalue weighted by atomic mass is 32.2. The van der Waals surface area contributed by atoms with Gasteiger partial charge in [-0.15, -0.1) is 0 Å². The molecule has 0 N–H and O–H groups in total. The lowest BCUT2D eigenvalue weighted by atomic mass is 10.0. The number of aryl methyl sites for hydroxylation is 4. The summed E-state index contributed by atoms with van der Waals surface area (Å²) in [6, 6.07) is 30.1. The van der Waals surface area contributed by atoms with E-state index in [1.807, 2.05) is 11.9 Å². The van der Waals surface area contributed by atoms with Gasteiger partial charge in [-0.05, 0) is 86.5 Å². The third kappa shape index (κ3) is 6.39. The monoisotopic (exact) mass is 494 g/mol. The highest BCUT2D eigenvalue weighted by molar-refractivity contribution is 7.97. The first-order valence-corrected chi connectivity index (χ1v) is 14.0. The minimum Gasteiger partial charge on any atom is -0.299 e. The van der Waals surface area contributed by atoms with Crippen LogP contribution in [-0.2, 0) is 13.1 Å². The lowest BCUT2D eigenvalue weighted by Crippen LogP contribution is -2.41. The molecule has 1 saturated heterocycles. The predicted molar refractivity (Wildman–Crippen MR) is 155 cm³/mol. The number of fused-ring (bicyclic) bond motifs is 1. The first-order chi connectivity index (χ1) is 17.4. The van der Waals surface area contributed by atoms with Crippen LogP contribution in [0.5, 0.6) is 0 Å². The summed E-state index contributed by atoms with van der Waals surface area (Å²) >= 11 is 1.94. The zero-order valence-electron chi connectivity index (χ0n) is 22.1. The normalized spacial score (nSPS) is 15.1. The molecule has 4 aromatic carbocycles. The molecule has 1 heterocycles. The van der Waals surface area contributed by atoms with E-state index in [9.17, 15) is 0 Å². The lowest BCUT2D eigenvalue weighted by molar-refractivity contribution is 0.156. The van der Waals surface area contributed by atoms with Crippen LogP contribution in [0.25, 0.3) is 10.8 Å². The molecule has 3 heteroatoms. The number of hydrogen-bond acceptors (Lipinski definition) is 3. The van der Waals surface area contributed by atoms with Gasteiger partial charge in [0.2, 0.25) is 0 Å². The molecular formula is C33H38N2S. The summed E-state index contributed by atoms with van der Waals surface area (Å²) in [7, 11) is 0. The average Bonchev–Trinajstić information content (AvgIpc) is 2.83. The van der Waals surface area contributed by atoms with E-state index in [-0.39, 0.29) is 0 Å². The third-order valence-electron chi connectivity index (χ3n) is 7.22. The molecule has 0 bridgehead atoms. The van der Waals surface area contributed by atoms with Gasteiger partial charge in [-0.25, -0.2) is 4.31 Å². The standard InChI is InChI=1S/C33H38N2S/c1-24-15-25(2)18-28(17-24)22-34-13-11-32(12-14-34)35(23-29-19-26(3)16-27(4)20-29)36-33-10-9-30-7-5-6-8-31(30)21-33/h5-10,15-21,32H,11-14,22-23H2,1-4H3. The van der Waals surface area contributed by atoms with Gasteiger partial charge in [-0.3, -0.25) is 4.90 Å². The van der Waals surface area contributed by atoms with E-state index in [0.717, 1.165) is 26.2 Å². The summed E-state index contributed by atoms with van der Waals surface area (Å²) in [5.41, 5.74) is 8.30. The van der Waals surface area contributed by atoms with Gasteiger partial charge in [0.25, 0.3) is 0 Å². The molecule has 0 saturated carbocycles. The number of benzene rings is 4. The van der Waals surface area contributed by atoms with Crippen LogP contribution in [0, 0.1) is 27.7 Å². The number of nitrogens with zero attached hydrogens (tertiary/aromatic N) is 2. The topological polar surface area (TPSA) is 6.48 Å². The minimum absolute atomic E-state index is 0.567. The molecular weight excluding hydrogens is 456 g/mol. The summed E-state index contributed by atoms with van der Waals surface area (Å²) in [5.74, 6) is 0. The van der Waals surface area contributed by atoms with Crippen molar-refractivity contribution in [1.82, 2.24) is 9.21 Å². The average molecular weight is 495 g/mol. The molecule has 0 amide bonds. The predicted octanol–water partition coefficient (Wildman–Crippen LogP) is 8.25. The number of piperidine rings is 1. The van der Waals surface area contributed by atoms with Crippen LogP contribution in [0.4, 0.5) is 0 Å². The summed E-state index contributed by atoms with van der Waals surface area (Å²) in [6.45, 7) is 13.2. The molecule has 0 radical (unpaired) electrons. The molecule has 4 aromatic rings. The zero-order chi connectivity index (χ0) is 25.1. The highest BCUT2D eigenvalue weighted by Crippen LogP contribution is 2.33. The smallest absolute Gasteiger partial charge is 0.0347 e. The van der Waals surface area contributed by atoms with E-state index < -0.39 is 0 Å². The summed E-state index contributed by atoms with van der Waals surface area (Å²) < 4.78 is 2.66. The van der Waals surface area contributed by atoms with Crippen LogP contribution >= 0.6 is 11.9 Å².